The van der Waals surface area contributed by atoms with Crippen molar-refractivity contribution >= 4 is 17.3 Å². The first-order valence-electron chi connectivity index (χ1n) is 3.44. The molecule has 0 saturated carbocycles. The number of aromatic nitrogens is 4. The Morgan fingerprint density at radius 3 is 2.69 bits per heavy atom. The Kier molecular flexibility index (Phi) is 2.05. The molecule has 64 valence electrons. The molecule has 2 heterocycles. The van der Waals surface area contributed by atoms with Crippen molar-refractivity contribution in [2.24, 2.45) is 0 Å². The van der Waals surface area contributed by atoms with Gasteiger partial charge in [0.25, 0.3) is 0 Å². The summed E-state index contributed by atoms with van der Waals surface area (Å²) in [4.78, 5) is 19.0. The van der Waals surface area contributed by atoms with E-state index in [2.05, 4.69) is 19.6 Å². The Balaban J connectivity index is 2.34. The number of rotatable bonds is 2. The largest absolute Gasteiger partial charge is 0.287 e. The molecule has 0 atom stereocenters. The number of nitrogens with zero attached hydrogens (tertiary/aromatic N) is 4. The Morgan fingerprint density at radius 2 is 2.08 bits per heavy atom. The highest BCUT2D eigenvalue weighted by molar-refractivity contribution is 7.03. The third-order valence-electron chi connectivity index (χ3n) is 1.42. The van der Waals surface area contributed by atoms with Gasteiger partial charge in [0.1, 0.15) is 12.0 Å². The van der Waals surface area contributed by atoms with Crippen LogP contribution in [0.25, 0.3) is 0 Å². The van der Waals surface area contributed by atoms with E-state index in [9.17, 15) is 4.79 Å². The van der Waals surface area contributed by atoms with Gasteiger partial charge in [-0.3, -0.25) is 4.79 Å². The summed E-state index contributed by atoms with van der Waals surface area (Å²) in [6.45, 7) is 0. The molecule has 0 amide bonds. The van der Waals surface area contributed by atoms with E-state index in [0.717, 1.165) is 11.5 Å². The predicted molar refractivity (Wildman–Crippen MR) is 45.4 cm³/mol. The SMILES string of the molecule is O=C(c1cncnc1)c1csnn1. The molecule has 0 aliphatic rings. The maximum absolute atomic E-state index is 11.5. The van der Waals surface area contributed by atoms with Gasteiger partial charge in [-0.25, -0.2) is 9.97 Å². The van der Waals surface area contributed by atoms with E-state index in [-0.39, 0.29) is 5.78 Å². The van der Waals surface area contributed by atoms with Crippen molar-refractivity contribution in [1.82, 2.24) is 19.6 Å². The fourth-order valence-corrected chi connectivity index (χ4v) is 1.26. The summed E-state index contributed by atoms with van der Waals surface area (Å²) in [5.74, 6) is -0.200. The van der Waals surface area contributed by atoms with E-state index in [0.29, 0.717) is 11.3 Å². The summed E-state index contributed by atoms with van der Waals surface area (Å²) < 4.78 is 3.60. The van der Waals surface area contributed by atoms with Crippen LogP contribution in [0.2, 0.25) is 0 Å². The van der Waals surface area contributed by atoms with E-state index in [4.69, 9.17) is 0 Å². The van der Waals surface area contributed by atoms with E-state index in [1.54, 1.807) is 5.38 Å². The molecular weight excluding hydrogens is 188 g/mol. The molecule has 5 nitrogen and oxygen atoms in total. The van der Waals surface area contributed by atoms with Gasteiger partial charge in [0, 0.05) is 17.8 Å². The molecule has 0 saturated heterocycles. The minimum absolute atomic E-state index is 0.200. The second kappa shape index (κ2) is 3.36. The lowest BCUT2D eigenvalue weighted by Crippen LogP contribution is -2.02. The third-order valence-corrected chi connectivity index (χ3v) is 1.92. The van der Waals surface area contributed by atoms with Gasteiger partial charge in [-0.2, -0.15) is 0 Å². The number of hydrogen-bond donors (Lipinski definition) is 0. The molecule has 0 aromatic carbocycles. The van der Waals surface area contributed by atoms with Crippen molar-refractivity contribution in [1.29, 1.82) is 0 Å². The molecule has 2 rings (SSSR count). The molecule has 6 heteroatoms. The molecule has 0 spiro atoms. The van der Waals surface area contributed by atoms with Gasteiger partial charge in [0.05, 0.1) is 5.56 Å². The van der Waals surface area contributed by atoms with Crippen LogP contribution in [0.1, 0.15) is 16.1 Å². The Bertz CT molecular complexity index is 400. The molecule has 0 fully saturated rings. The summed E-state index contributed by atoms with van der Waals surface area (Å²) >= 11 is 1.14. The zero-order valence-corrected chi connectivity index (χ0v) is 7.23. The van der Waals surface area contributed by atoms with E-state index < -0.39 is 0 Å². The van der Waals surface area contributed by atoms with Gasteiger partial charge in [-0.05, 0) is 11.5 Å². The number of carbonyl (C=O) groups is 1. The van der Waals surface area contributed by atoms with E-state index in [1.807, 2.05) is 0 Å². The van der Waals surface area contributed by atoms with E-state index >= 15 is 0 Å². The lowest BCUT2D eigenvalue weighted by molar-refractivity contribution is 0.103. The molecule has 0 unspecified atom stereocenters. The van der Waals surface area contributed by atoms with Crippen LogP contribution in [0.3, 0.4) is 0 Å². The van der Waals surface area contributed by atoms with Gasteiger partial charge < -0.3 is 0 Å². The lowest BCUT2D eigenvalue weighted by atomic mass is 10.2. The molecule has 0 radical (unpaired) electrons. The highest BCUT2D eigenvalue weighted by atomic mass is 32.1. The fraction of sp³-hybridized carbons (Fsp3) is 0. The summed E-state index contributed by atoms with van der Waals surface area (Å²) in [6.07, 6.45) is 4.28. The topological polar surface area (TPSA) is 68.6 Å². The van der Waals surface area contributed by atoms with Gasteiger partial charge in [0.15, 0.2) is 0 Å². The van der Waals surface area contributed by atoms with Crippen LogP contribution in [0, 0.1) is 0 Å². The van der Waals surface area contributed by atoms with Crippen molar-refractivity contribution in [2.45, 2.75) is 0 Å². The lowest BCUT2D eigenvalue weighted by Gasteiger charge is -1.92. The highest BCUT2D eigenvalue weighted by Crippen LogP contribution is 2.05. The normalized spacial score (nSPS) is 9.85. The van der Waals surface area contributed by atoms with Gasteiger partial charge in [-0.1, -0.05) is 4.49 Å². The van der Waals surface area contributed by atoms with Crippen LogP contribution in [0.4, 0.5) is 0 Å². The van der Waals surface area contributed by atoms with Crippen LogP contribution in [0.15, 0.2) is 24.1 Å². The average Bonchev–Trinajstić information content (AvgIpc) is 2.71. The Morgan fingerprint density at radius 1 is 1.31 bits per heavy atom. The summed E-state index contributed by atoms with van der Waals surface area (Å²) in [5.41, 5.74) is 0.759. The van der Waals surface area contributed by atoms with Crippen molar-refractivity contribution in [3.05, 3.63) is 35.4 Å². The van der Waals surface area contributed by atoms with Crippen molar-refractivity contribution in [2.75, 3.05) is 0 Å². The monoisotopic (exact) mass is 192 g/mol. The zero-order valence-electron chi connectivity index (χ0n) is 6.41. The fourth-order valence-electron chi connectivity index (χ4n) is 0.828. The highest BCUT2D eigenvalue weighted by Gasteiger charge is 2.11. The standard InChI is InChI=1S/C7H4N4OS/c12-7(6-3-13-11-10-6)5-1-8-4-9-2-5/h1-4H. The Labute approximate surface area is 77.6 Å². The maximum Gasteiger partial charge on any atom is 0.217 e. The van der Waals surface area contributed by atoms with Crippen LogP contribution >= 0.6 is 11.5 Å². The van der Waals surface area contributed by atoms with Crippen LogP contribution < -0.4 is 0 Å². The minimum Gasteiger partial charge on any atom is -0.287 e. The maximum atomic E-state index is 11.5. The second-order valence-electron chi connectivity index (χ2n) is 2.25. The quantitative estimate of drug-likeness (QED) is 0.650. The van der Waals surface area contributed by atoms with Crippen molar-refractivity contribution in [3.63, 3.8) is 0 Å². The summed E-state index contributed by atoms with van der Waals surface area (Å²) in [7, 11) is 0. The number of ketones is 1. The Hall–Kier alpha value is -1.69. The molecule has 0 bridgehead atoms. The van der Waals surface area contributed by atoms with E-state index in [1.165, 1.54) is 18.7 Å². The first-order valence-corrected chi connectivity index (χ1v) is 4.28. The van der Waals surface area contributed by atoms with Crippen LogP contribution in [-0.2, 0) is 0 Å². The average molecular weight is 192 g/mol. The first kappa shape index (κ1) is 7.93. The van der Waals surface area contributed by atoms with Crippen LogP contribution in [-0.4, -0.2) is 25.3 Å². The molecule has 0 aliphatic heterocycles. The van der Waals surface area contributed by atoms with Gasteiger partial charge in [0.2, 0.25) is 5.78 Å². The number of hydrogen-bond acceptors (Lipinski definition) is 6. The second-order valence-corrected chi connectivity index (χ2v) is 2.86. The van der Waals surface area contributed by atoms with Crippen molar-refractivity contribution in [3.8, 4) is 0 Å². The molecule has 2 aromatic rings. The van der Waals surface area contributed by atoms with Gasteiger partial charge >= 0.3 is 0 Å². The minimum atomic E-state index is -0.200. The van der Waals surface area contributed by atoms with Crippen LogP contribution in [0.5, 0.6) is 0 Å². The van der Waals surface area contributed by atoms with Crippen molar-refractivity contribution < 1.29 is 4.79 Å². The molecule has 2 aromatic heterocycles. The first-order chi connectivity index (χ1) is 6.38. The number of carbonyl (C=O) groups excluding carboxylic acids is 1. The summed E-state index contributed by atoms with van der Waals surface area (Å²) in [5, 5.41) is 5.25. The van der Waals surface area contributed by atoms with Gasteiger partial charge in [-0.15, -0.1) is 5.10 Å². The molecular formula is C7H4N4OS. The zero-order chi connectivity index (χ0) is 9.10. The third kappa shape index (κ3) is 1.57. The predicted octanol–water partition coefficient (Wildman–Crippen LogP) is 0.559. The summed E-state index contributed by atoms with van der Waals surface area (Å²) in [6, 6.07) is 0. The smallest absolute Gasteiger partial charge is 0.217 e. The molecule has 0 N–H and O–H groups in total. The molecule has 13 heavy (non-hydrogen) atoms. The molecule has 0 aliphatic carbocycles.